The number of fused-ring (bicyclic) bond motifs is 2. The number of ether oxygens (including phenoxy) is 1. The predicted molar refractivity (Wildman–Crippen MR) is 79.0 cm³/mol. The molecule has 2 aliphatic heterocycles. The van der Waals surface area contributed by atoms with Gasteiger partial charge in [-0.25, -0.2) is 13.1 Å². The molecule has 2 saturated heterocycles. The van der Waals surface area contributed by atoms with Crippen LogP contribution in [0.2, 0.25) is 0 Å². The van der Waals surface area contributed by atoms with Crippen molar-refractivity contribution in [2.24, 2.45) is 5.73 Å². The SMILES string of the molecule is NC(=S)c1ccc(S(=O)(=O)NC2CC3CCC2O3)cc1. The third-order valence-corrected chi connectivity index (χ3v) is 5.60. The number of sulfonamides is 1. The van der Waals surface area contributed by atoms with Gasteiger partial charge in [0.15, 0.2) is 0 Å². The number of benzene rings is 1. The Labute approximate surface area is 123 Å². The molecule has 5 nitrogen and oxygen atoms in total. The minimum absolute atomic E-state index is 0.0191. The van der Waals surface area contributed by atoms with E-state index in [2.05, 4.69) is 4.72 Å². The molecule has 0 amide bonds. The first-order chi connectivity index (χ1) is 9.45. The Morgan fingerprint density at radius 1 is 1.30 bits per heavy atom. The highest BCUT2D eigenvalue weighted by Crippen LogP contribution is 2.35. The molecule has 3 unspecified atom stereocenters. The van der Waals surface area contributed by atoms with Gasteiger partial charge in [0.1, 0.15) is 4.99 Å². The van der Waals surface area contributed by atoms with Crippen molar-refractivity contribution in [2.75, 3.05) is 0 Å². The Bertz CT molecular complexity index is 628. The van der Waals surface area contributed by atoms with E-state index >= 15 is 0 Å². The molecular formula is C13H16N2O3S2. The standard InChI is InChI=1S/C13H16N2O3S2/c14-13(19)8-1-4-10(5-2-8)20(16,17)15-11-7-9-3-6-12(11)18-9/h1-2,4-5,9,11-12,15H,3,6-7H2,(H2,14,19). The fraction of sp³-hybridized carbons (Fsp3) is 0.462. The lowest BCUT2D eigenvalue weighted by Crippen LogP contribution is -2.41. The fourth-order valence-electron chi connectivity index (χ4n) is 2.83. The van der Waals surface area contributed by atoms with E-state index < -0.39 is 10.0 Å². The normalized spacial score (nSPS) is 28.7. The third kappa shape index (κ3) is 2.58. The fourth-order valence-corrected chi connectivity index (χ4v) is 4.24. The lowest BCUT2D eigenvalue weighted by molar-refractivity contribution is 0.0996. The highest BCUT2D eigenvalue weighted by atomic mass is 32.2. The van der Waals surface area contributed by atoms with Gasteiger partial charge in [0.25, 0.3) is 0 Å². The molecule has 7 heteroatoms. The van der Waals surface area contributed by atoms with Gasteiger partial charge >= 0.3 is 0 Å². The molecule has 3 rings (SSSR count). The highest BCUT2D eigenvalue weighted by Gasteiger charge is 2.42. The second kappa shape index (κ2) is 5.07. The molecule has 1 aromatic carbocycles. The third-order valence-electron chi connectivity index (χ3n) is 3.86. The molecule has 108 valence electrons. The molecule has 2 bridgehead atoms. The van der Waals surface area contributed by atoms with Crippen LogP contribution in [0.1, 0.15) is 24.8 Å². The van der Waals surface area contributed by atoms with Crippen molar-refractivity contribution in [3.8, 4) is 0 Å². The van der Waals surface area contributed by atoms with E-state index in [0.717, 1.165) is 19.3 Å². The summed E-state index contributed by atoms with van der Waals surface area (Å²) in [5.74, 6) is 0. The summed E-state index contributed by atoms with van der Waals surface area (Å²) in [5, 5.41) is 0. The molecule has 0 aromatic heterocycles. The van der Waals surface area contributed by atoms with Gasteiger partial charge in [-0.05, 0) is 31.4 Å². The van der Waals surface area contributed by atoms with E-state index in [9.17, 15) is 8.42 Å². The largest absolute Gasteiger partial charge is 0.389 e. The molecule has 0 spiro atoms. The first kappa shape index (κ1) is 13.9. The van der Waals surface area contributed by atoms with E-state index in [1.807, 2.05) is 0 Å². The zero-order valence-electron chi connectivity index (χ0n) is 10.8. The maximum atomic E-state index is 12.3. The Hall–Kier alpha value is -1.02. The van der Waals surface area contributed by atoms with E-state index in [1.165, 1.54) is 12.1 Å². The van der Waals surface area contributed by atoms with Crippen molar-refractivity contribution in [3.63, 3.8) is 0 Å². The summed E-state index contributed by atoms with van der Waals surface area (Å²) in [4.78, 5) is 0.476. The van der Waals surface area contributed by atoms with Gasteiger partial charge in [0, 0.05) is 5.56 Å². The molecule has 1 aromatic rings. The van der Waals surface area contributed by atoms with Crippen LogP contribution in [0.3, 0.4) is 0 Å². The molecule has 3 N–H and O–H groups in total. The molecule has 20 heavy (non-hydrogen) atoms. The second-order valence-electron chi connectivity index (χ2n) is 5.23. The first-order valence-corrected chi connectivity index (χ1v) is 8.42. The summed E-state index contributed by atoms with van der Waals surface area (Å²) in [6.45, 7) is 0. The van der Waals surface area contributed by atoms with Crippen molar-refractivity contribution in [3.05, 3.63) is 29.8 Å². The zero-order chi connectivity index (χ0) is 14.3. The quantitative estimate of drug-likeness (QED) is 0.808. The number of rotatable bonds is 4. The zero-order valence-corrected chi connectivity index (χ0v) is 12.4. The minimum Gasteiger partial charge on any atom is -0.389 e. The molecule has 0 aliphatic carbocycles. The lowest BCUT2D eigenvalue weighted by atomic mass is 9.96. The topological polar surface area (TPSA) is 81.4 Å². The van der Waals surface area contributed by atoms with Gasteiger partial charge in [-0.15, -0.1) is 0 Å². The van der Waals surface area contributed by atoms with Gasteiger partial charge in [0.2, 0.25) is 10.0 Å². The summed E-state index contributed by atoms with van der Waals surface area (Å²) in [6, 6.07) is 6.16. The summed E-state index contributed by atoms with van der Waals surface area (Å²) in [5.41, 5.74) is 6.15. The van der Waals surface area contributed by atoms with E-state index in [4.69, 9.17) is 22.7 Å². The second-order valence-corrected chi connectivity index (χ2v) is 7.38. The van der Waals surface area contributed by atoms with Gasteiger partial charge in [-0.2, -0.15) is 0 Å². The molecule has 3 atom stereocenters. The first-order valence-electron chi connectivity index (χ1n) is 6.53. The van der Waals surface area contributed by atoms with Gasteiger partial charge in [-0.3, -0.25) is 0 Å². The average molecular weight is 312 g/mol. The number of thiocarbonyl (C=S) groups is 1. The summed E-state index contributed by atoms with van der Waals surface area (Å²) in [6.07, 6.45) is 2.95. The predicted octanol–water partition coefficient (Wildman–Crippen LogP) is 0.919. The van der Waals surface area contributed by atoms with Crippen LogP contribution >= 0.6 is 12.2 Å². The maximum Gasteiger partial charge on any atom is 0.240 e. The van der Waals surface area contributed by atoms with Crippen LogP contribution in [0.4, 0.5) is 0 Å². The van der Waals surface area contributed by atoms with Crippen LogP contribution < -0.4 is 10.5 Å². The molecule has 2 aliphatic rings. The molecule has 0 saturated carbocycles. The van der Waals surface area contributed by atoms with Crippen LogP contribution in [-0.2, 0) is 14.8 Å². The van der Waals surface area contributed by atoms with E-state index in [0.29, 0.717) is 5.56 Å². The average Bonchev–Trinajstić information content (AvgIpc) is 3.00. The number of hydrogen-bond donors (Lipinski definition) is 2. The Morgan fingerprint density at radius 2 is 2.00 bits per heavy atom. The van der Waals surface area contributed by atoms with Crippen LogP contribution in [0.15, 0.2) is 29.2 Å². The van der Waals surface area contributed by atoms with Gasteiger partial charge in [-0.1, -0.05) is 24.4 Å². The lowest BCUT2D eigenvalue weighted by Gasteiger charge is -2.20. The summed E-state index contributed by atoms with van der Waals surface area (Å²) >= 11 is 4.85. The van der Waals surface area contributed by atoms with Gasteiger partial charge < -0.3 is 10.5 Å². The van der Waals surface area contributed by atoms with Crippen molar-refractivity contribution < 1.29 is 13.2 Å². The Kier molecular flexibility index (Phi) is 3.53. The van der Waals surface area contributed by atoms with E-state index in [1.54, 1.807) is 12.1 Å². The number of nitrogens with one attached hydrogen (secondary N) is 1. The highest BCUT2D eigenvalue weighted by molar-refractivity contribution is 7.89. The van der Waals surface area contributed by atoms with E-state index in [-0.39, 0.29) is 28.1 Å². The number of nitrogens with two attached hydrogens (primary N) is 1. The Balaban J connectivity index is 1.76. The molecular weight excluding hydrogens is 296 g/mol. The van der Waals surface area contributed by atoms with Crippen molar-refractivity contribution in [1.29, 1.82) is 0 Å². The van der Waals surface area contributed by atoms with Crippen molar-refractivity contribution in [2.45, 2.75) is 42.4 Å². The summed E-state index contributed by atoms with van der Waals surface area (Å²) in [7, 11) is -3.52. The molecule has 0 radical (unpaired) electrons. The van der Waals surface area contributed by atoms with Crippen LogP contribution in [-0.4, -0.2) is 31.7 Å². The van der Waals surface area contributed by atoms with Crippen molar-refractivity contribution >= 4 is 27.2 Å². The Morgan fingerprint density at radius 3 is 2.50 bits per heavy atom. The minimum atomic E-state index is -3.52. The summed E-state index contributed by atoms with van der Waals surface area (Å²) < 4.78 is 33.0. The van der Waals surface area contributed by atoms with Crippen LogP contribution in [0.5, 0.6) is 0 Å². The smallest absolute Gasteiger partial charge is 0.240 e. The molecule has 2 heterocycles. The van der Waals surface area contributed by atoms with Gasteiger partial charge in [0.05, 0.1) is 23.1 Å². The number of hydrogen-bond acceptors (Lipinski definition) is 4. The van der Waals surface area contributed by atoms with Crippen LogP contribution in [0, 0.1) is 0 Å². The van der Waals surface area contributed by atoms with Crippen LogP contribution in [0.25, 0.3) is 0 Å². The maximum absolute atomic E-state index is 12.3. The molecule has 2 fully saturated rings. The van der Waals surface area contributed by atoms with Crippen molar-refractivity contribution in [1.82, 2.24) is 4.72 Å². The monoisotopic (exact) mass is 312 g/mol.